The van der Waals surface area contributed by atoms with Crippen LogP contribution in [0.25, 0.3) is 0 Å². The van der Waals surface area contributed by atoms with Crippen LogP contribution in [0.4, 0.5) is 0 Å². The summed E-state index contributed by atoms with van der Waals surface area (Å²) < 4.78 is 16.6. The Labute approximate surface area is 159 Å². The van der Waals surface area contributed by atoms with E-state index in [0.717, 1.165) is 41.2 Å². The standard InChI is InChI=1S/C22H25NO4/c1-13(2)17-8-18(20(26-4)9-19(17)25-3)22-16-6-5-14(21-11-27-21)7-15(16)10-23(22)12-24/h5-9,12-13,21-22H,10-11H2,1-4H3. The van der Waals surface area contributed by atoms with Gasteiger partial charge in [-0.15, -0.1) is 0 Å². The number of rotatable bonds is 6. The molecule has 2 aromatic rings. The highest BCUT2D eigenvalue weighted by Gasteiger charge is 2.35. The van der Waals surface area contributed by atoms with Gasteiger partial charge in [0.1, 0.15) is 17.6 Å². The van der Waals surface area contributed by atoms with Gasteiger partial charge in [0.05, 0.1) is 26.9 Å². The van der Waals surface area contributed by atoms with Crippen molar-refractivity contribution in [2.24, 2.45) is 0 Å². The van der Waals surface area contributed by atoms with E-state index in [1.54, 1.807) is 14.2 Å². The molecule has 142 valence electrons. The Morgan fingerprint density at radius 3 is 2.44 bits per heavy atom. The molecule has 2 unspecified atom stereocenters. The third-order valence-electron chi connectivity index (χ3n) is 5.49. The van der Waals surface area contributed by atoms with Crippen molar-refractivity contribution >= 4 is 6.41 Å². The maximum Gasteiger partial charge on any atom is 0.210 e. The minimum atomic E-state index is -0.162. The molecule has 2 heterocycles. The van der Waals surface area contributed by atoms with Crippen molar-refractivity contribution in [1.82, 2.24) is 4.90 Å². The summed E-state index contributed by atoms with van der Waals surface area (Å²) in [4.78, 5) is 13.7. The zero-order valence-electron chi connectivity index (χ0n) is 16.2. The molecule has 5 nitrogen and oxygen atoms in total. The maximum absolute atomic E-state index is 11.9. The minimum Gasteiger partial charge on any atom is -0.496 e. The molecule has 2 aromatic carbocycles. The van der Waals surface area contributed by atoms with E-state index in [-0.39, 0.29) is 12.1 Å². The molecule has 4 rings (SSSR count). The number of fused-ring (bicyclic) bond motifs is 1. The molecule has 1 saturated heterocycles. The molecule has 0 saturated carbocycles. The molecule has 0 N–H and O–H groups in total. The molecule has 5 heteroatoms. The predicted molar refractivity (Wildman–Crippen MR) is 102 cm³/mol. The van der Waals surface area contributed by atoms with Gasteiger partial charge in [0, 0.05) is 18.2 Å². The van der Waals surface area contributed by atoms with Gasteiger partial charge in [0.2, 0.25) is 6.41 Å². The summed E-state index contributed by atoms with van der Waals surface area (Å²) in [5.74, 6) is 1.84. The van der Waals surface area contributed by atoms with Crippen LogP contribution >= 0.6 is 0 Å². The molecule has 0 spiro atoms. The first kappa shape index (κ1) is 17.9. The first-order valence-corrected chi connectivity index (χ1v) is 9.28. The third-order valence-corrected chi connectivity index (χ3v) is 5.49. The largest absolute Gasteiger partial charge is 0.496 e. The predicted octanol–water partition coefficient (Wildman–Crippen LogP) is 3.96. The zero-order chi connectivity index (χ0) is 19.1. The van der Waals surface area contributed by atoms with Crippen molar-refractivity contribution in [2.45, 2.75) is 38.5 Å². The Bertz CT molecular complexity index is 873. The van der Waals surface area contributed by atoms with E-state index in [4.69, 9.17) is 14.2 Å². The van der Waals surface area contributed by atoms with Crippen LogP contribution < -0.4 is 9.47 Å². The number of amides is 1. The van der Waals surface area contributed by atoms with E-state index in [0.29, 0.717) is 12.5 Å². The number of epoxide rings is 1. The Balaban J connectivity index is 1.84. The summed E-state index contributed by atoms with van der Waals surface area (Å²) in [6.45, 7) is 5.64. The first-order valence-electron chi connectivity index (χ1n) is 9.28. The van der Waals surface area contributed by atoms with Gasteiger partial charge in [-0.2, -0.15) is 0 Å². The van der Waals surface area contributed by atoms with Crippen molar-refractivity contribution in [3.05, 3.63) is 58.1 Å². The monoisotopic (exact) mass is 367 g/mol. The van der Waals surface area contributed by atoms with Gasteiger partial charge in [-0.25, -0.2) is 0 Å². The van der Waals surface area contributed by atoms with E-state index < -0.39 is 0 Å². The van der Waals surface area contributed by atoms with Crippen molar-refractivity contribution in [1.29, 1.82) is 0 Å². The lowest BCUT2D eigenvalue weighted by Crippen LogP contribution is -2.22. The van der Waals surface area contributed by atoms with Gasteiger partial charge < -0.3 is 19.1 Å². The summed E-state index contributed by atoms with van der Waals surface area (Å²) in [5.41, 5.74) is 5.59. The summed E-state index contributed by atoms with van der Waals surface area (Å²) >= 11 is 0. The normalized spacial score (nSPS) is 20.6. The quantitative estimate of drug-likeness (QED) is 0.573. The number of ether oxygens (including phenoxy) is 3. The molecule has 2 atom stereocenters. The number of methoxy groups -OCH3 is 2. The molecular weight excluding hydrogens is 342 g/mol. The fourth-order valence-corrected chi connectivity index (χ4v) is 4.00. The lowest BCUT2D eigenvalue weighted by Gasteiger charge is -2.25. The molecule has 0 bridgehead atoms. The van der Waals surface area contributed by atoms with Gasteiger partial charge in [-0.1, -0.05) is 32.0 Å². The van der Waals surface area contributed by atoms with Crippen LogP contribution in [-0.2, 0) is 16.1 Å². The average Bonchev–Trinajstić information content (AvgIpc) is 3.47. The minimum absolute atomic E-state index is 0.162. The van der Waals surface area contributed by atoms with Gasteiger partial charge in [0.15, 0.2) is 0 Å². The zero-order valence-corrected chi connectivity index (χ0v) is 16.2. The second kappa shape index (κ2) is 6.89. The molecule has 2 aliphatic heterocycles. The van der Waals surface area contributed by atoms with Crippen LogP contribution in [0.15, 0.2) is 30.3 Å². The van der Waals surface area contributed by atoms with Crippen LogP contribution in [0.5, 0.6) is 11.5 Å². The van der Waals surface area contributed by atoms with Crippen molar-refractivity contribution < 1.29 is 19.0 Å². The lowest BCUT2D eigenvalue weighted by molar-refractivity contribution is -0.119. The van der Waals surface area contributed by atoms with Gasteiger partial charge in [0.25, 0.3) is 0 Å². The van der Waals surface area contributed by atoms with Crippen LogP contribution in [0.2, 0.25) is 0 Å². The number of carbonyl (C=O) groups is 1. The molecule has 1 fully saturated rings. The molecular formula is C22H25NO4. The van der Waals surface area contributed by atoms with E-state index in [9.17, 15) is 4.79 Å². The molecule has 2 aliphatic rings. The Kier molecular flexibility index (Phi) is 4.56. The number of hydrogen-bond acceptors (Lipinski definition) is 4. The fourth-order valence-electron chi connectivity index (χ4n) is 4.00. The highest BCUT2D eigenvalue weighted by Crippen LogP contribution is 2.45. The van der Waals surface area contributed by atoms with Crippen LogP contribution in [0, 0.1) is 0 Å². The second-order valence-electron chi connectivity index (χ2n) is 7.45. The lowest BCUT2D eigenvalue weighted by atomic mass is 9.91. The number of carbonyl (C=O) groups excluding carboxylic acids is 1. The second-order valence-corrected chi connectivity index (χ2v) is 7.45. The van der Waals surface area contributed by atoms with Crippen molar-refractivity contribution in [3.63, 3.8) is 0 Å². The van der Waals surface area contributed by atoms with E-state index in [1.165, 1.54) is 11.1 Å². The number of hydrogen-bond donors (Lipinski definition) is 0. The average molecular weight is 367 g/mol. The van der Waals surface area contributed by atoms with Crippen LogP contribution in [0.3, 0.4) is 0 Å². The van der Waals surface area contributed by atoms with Crippen molar-refractivity contribution in [3.8, 4) is 11.5 Å². The van der Waals surface area contributed by atoms with Crippen LogP contribution in [-0.4, -0.2) is 32.1 Å². The highest BCUT2D eigenvalue weighted by atomic mass is 16.6. The van der Waals surface area contributed by atoms with Gasteiger partial charge in [-0.3, -0.25) is 4.79 Å². The molecule has 0 aromatic heterocycles. The van der Waals surface area contributed by atoms with E-state index >= 15 is 0 Å². The van der Waals surface area contributed by atoms with Gasteiger partial charge >= 0.3 is 0 Å². The Morgan fingerprint density at radius 2 is 1.85 bits per heavy atom. The molecule has 0 aliphatic carbocycles. The summed E-state index contributed by atoms with van der Waals surface area (Å²) in [6, 6.07) is 10.3. The Hall–Kier alpha value is -2.53. The SMILES string of the molecule is COc1cc(OC)c(C2c3ccc(C4CO4)cc3CN2C=O)cc1C(C)C. The fraction of sp³-hybridized carbons (Fsp3) is 0.409. The maximum atomic E-state index is 11.9. The number of nitrogens with zero attached hydrogens (tertiary/aromatic N) is 1. The molecule has 27 heavy (non-hydrogen) atoms. The summed E-state index contributed by atoms with van der Waals surface area (Å²) in [7, 11) is 3.33. The third kappa shape index (κ3) is 3.06. The Morgan fingerprint density at radius 1 is 1.11 bits per heavy atom. The van der Waals surface area contributed by atoms with Crippen LogP contribution in [0.1, 0.15) is 59.7 Å². The molecule has 1 amide bonds. The molecule has 0 radical (unpaired) electrons. The number of benzene rings is 2. The first-order chi connectivity index (χ1) is 13.1. The smallest absolute Gasteiger partial charge is 0.210 e. The summed E-state index contributed by atoms with van der Waals surface area (Å²) in [6.07, 6.45) is 1.14. The van der Waals surface area contributed by atoms with E-state index in [2.05, 4.69) is 38.1 Å². The van der Waals surface area contributed by atoms with Crippen molar-refractivity contribution in [2.75, 3.05) is 20.8 Å². The highest BCUT2D eigenvalue weighted by molar-refractivity contribution is 5.60. The summed E-state index contributed by atoms with van der Waals surface area (Å²) in [5, 5.41) is 0. The van der Waals surface area contributed by atoms with Gasteiger partial charge in [-0.05, 0) is 34.2 Å². The van der Waals surface area contributed by atoms with E-state index in [1.807, 2.05) is 11.0 Å². The topological polar surface area (TPSA) is 51.3 Å².